The highest BCUT2D eigenvalue weighted by Gasteiger charge is 2.15. The third kappa shape index (κ3) is 4.15. The van der Waals surface area contributed by atoms with Crippen LogP contribution in [-0.2, 0) is 0 Å². The van der Waals surface area contributed by atoms with Gasteiger partial charge in [0.15, 0.2) is 0 Å². The number of carbonyl (C=O) groups excluding carboxylic acids is 1. The fourth-order valence-electron chi connectivity index (χ4n) is 1.40. The molecule has 18 heavy (non-hydrogen) atoms. The molecule has 1 rings (SSSR count). The van der Waals surface area contributed by atoms with Gasteiger partial charge in [-0.25, -0.2) is 0 Å². The number of carbonyl (C=O) groups is 1. The van der Waals surface area contributed by atoms with Crippen molar-refractivity contribution in [3.8, 4) is 12.1 Å². The summed E-state index contributed by atoms with van der Waals surface area (Å²) in [5.41, 5.74) is 0.445. The quantitative estimate of drug-likeness (QED) is 0.834. The fourth-order valence-corrected chi connectivity index (χ4v) is 1.76. The van der Waals surface area contributed by atoms with Crippen LogP contribution in [-0.4, -0.2) is 28.9 Å². The van der Waals surface area contributed by atoms with Gasteiger partial charge < -0.3 is 4.90 Å². The molecule has 0 aliphatic rings. The SMILES string of the molecule is N#CCCN(CCC#N)C(=O)c1cncc(Br)c1. The van der Waals surface area contributed by atoms with Crippen LogP contribution in [0.1, 0.15) is 23.2 Å². The van der Waals surface area contributed by atoms with Gasteiger partial charge in [-0.15, -0.1) is 0 Å². The molecule has 1 heterocycles. The summed E-state index contributed by atoms with van der Waals surface area (Å²) in [6.45, 7) is 0.646. The molecule has 0 aliphatic carbocycles. The summed E-state index contributed by atoms with van der Waals surface area (Å²) in [4.78, 5) is 17.6. The lowest BCUT2D eigenvalue weighted by Crippen LogP contribution is -2.32. The molecule has 0 N–H and O–H groups in total. The number of pyridine rings is 1. The van der Waals surface area contributed by atoms with Gasteiger partial charge in [-0.05, 0) is 22.0 Å². The summed E-state index contributed by atoms with van der Waals surface area (Å²) in [5.74, 6) is -0.214. The predicted octanol–water partition coefficient (Wildman–Crippen LogP) is 2.11. The van der Waals surface area contributed by atoms with Crippen molar-refractivity contribution in [3.63, 3.8) is 0 Å². The third-order valence-electron chi connectivity index (χ3n) is 2.23. The van der Waals surface area contributed by atoms with Gasteiger partial charge in [-0.3, -0.25) is 9.78 Å². The topological polar surface area (TPSA) is 80.8 Å². The number of rotatable bonds is 5. The summed E-state index contributed by atoms with van der Waals surface area (Å²) in [7, 11) is 0. The molecule has 1 aromatic rings. The number of hydrogen-bond donors (Lipinski definition) is 0. The zero-order valence-electron chi connectivity index (χ0n) is 9.64. The van der Waals surface area contributed by atoms with E-state index in [0.717, 1.165) is 0 Å². The third-order valence-corrected chi connectivity index (χ3v) is 2.66. The maximum Gasteiger partial charge on any atom is 0.255 e. The smallest absolute Gasteiger partial charge is 0.255 e. The van der Waals surface area contributed by atoms with Crippen LogP contribution < -0.4 is 0 Å². The number of aromatic nitrogens is 1. The van der Waals surface area contributed by atoms with Gasteiger partial charge in [0.25, 0.3) is 5.91 Å². The Kier molecular flexibility index (Phi) is 5.83. The summed E-state index contributed by atoms with van der Waals surface area (Å²) in [5, 5.41) is 17.1. The predicted molar refractivity (Wildman–Crippen MR) is 68.3 cm³/mol. The van der Waals surface area contributed by atoms with Crippen LogP contribution in [0.2, 0.25) is 0 Å². The lowest BCUT2D eigenvalue weighted by molar-refractivity contribution is 0.0762. The van der Waals surface area contributed by atoms with Gasteiger partial charge in [-0.1, -0.05) is 0 Å². The Hall–Kier alpha value is -1.92. The molecule has 1 amide bonds. The van der Waals surface area contributed by atoms with Gasteiger partial charge in [-0.2, -0.15) is 10.5 Å². The second kappa shape index (κ2) is 7.41. The highest BCUT2D eigenvalue weighted by Crippen LogP contribution is 2.12. The number of hydrogen-bond acceptors (Lipinski definition) is 4. The van der Waals surface area contributed by atoms with Crippen molar-refractivity contribution in [3.05, 3.63) is 28.5 Å². The van der Waals surface area contributed by atoms with E-state index in [2.05, 4.69) is 20.9 Å². The first-order valence-corrected chi connectivity index (χ1v) is 6.12. The molecule has 0 spiro atoms. The maximum atomic E-state index is 12.2. The van der Waals surface area contributed by atoms with Gasteiger partial charge in [0.2, 0.25) is 0 Å². The van der Waals surface area contributed by atoms with Gasteiger partial charge >= 0.3 is 0 Å². The number of amides is 1. The van der Waals surface area contributed by atoms with Gasteiger partial charge in [0.05, 0.1) is 30.5 Å². The number of nitrogens with zero attached hydrogens (tertiary/aromatic N) is 4. The molecule has 5 nitrogen and oxygen atoms in total. The average molecular weight is 307 g/mol. The molecular formula is C12H11BrN4O. The molecule has 0 atom stereocenters. The first-order chi connectivity index (χ1) is 8.69. The van der Waals surface area contributed by atoms with Crippen molar-refractivity contribution in [2.75, 3.05) is 13.1 Å². The lowest BCUT2D eigenvalue weighted by atomic mass is 10.2. The van der Waals surface area contributed by atoms with E-state index in [1.807, 2.05) is 12.1 Å². The number of halogens is 1. The minimum atomic E-state index is -0.214. The summed E-state index contributed by atoms with van der Waals surface area (Å²) < 4.78 is 0.717. The molecule has 0 radical (unpaired) electrons. The van der Waals surface area contributed by atoms with Crippen LogP contribution in [0.3, 0.4) is 0 Å². The Morgan fingerprint density at radius 1 is 1.28 bits per heavy atom. The molecule has 0 bridgehead atoms. The number of nitriles is 2. The Morgan fingerprint density at radius 2 is 1.89 bits per heavy atom. The van der Waals surface area contributed by atoms with Crippen LogP contribution >= 0.6 is 15.9 Å². The highest BCUT2D eigenvalue weighted by atomic mass is 79.9. The Balaban J connectivity index is 2.81. The fraction of sp³-hybridized carbons (Fsp3) is 0.333. The van der Waals surface area contributed by atoms with Crippen LogP contribution in [0.25, 0.3) is 0 Å². The van der Waals surface area contributed by atoms with Gasteiger partial charge in [0.1, 0.15) is 0 Å². The molecule has 0 unspecified atom stereocenters. The normalized spacial score (nSPS) is 9.28. The first-order valence-electron chi connectivity index (χ1n) is 5.32. The molecule has 1 aromatic heterocycles. The van der Waals surface area contributed by atoms with Crippen LogP contribution in [0.15, 0.2) is 22.9 Å². The zero-order chi connectivity index (χ0) is 13.4. The van der Waals surface area contributed by atoms with Crippen LogP contribution in [0, 0.1) is 22.7 Å². The van der Waals surface area contributed by atoms with Crippen molar-refractivity contribution in [1.82, 2.24) is 9.88 Å². The molecule has 0 aliphatic heterocycles. The van der Waals surface area contributed by atoms with E-state index in [4.69, 9.17) is 10.5 Å². The summed E-state index contributed by atoms with van der Waals surface area (Å²) in [6.07, 6.45) is 3.56. The minimum Gasteiger partial charge on any atom is -0.337 e. The molecule has 6 heteroatoms. The van der Waals surface area contributed by atoms with E-state index in [-0.39, 0.29) is 18.7 Å². The van der Waals surface area contributed by atoms with Crippen molar-refractivity contribution < 1.29 is 4.79 Å². The molecule has 0 saturated heterocycles. The van der Waals surface area contributed by atoms with Crippen LogP contribution in [0.4, 0.5) is 0 Å². The van der Waals surface area contributed by atoms with Crippen molar-refractivity contribution in [2.24, 2.45) is 0 Å². The Morgan fingerprint density at radius 3 is 2.39 bits per heavy atom. The van der Waals surface area contributed by atoms with Crippen molar-refractivity contribution in [2.45, 2.75) is 12.8 Å². The van der Waals surface area contributed by atoms with Crippen LogP contribution in [0.5, 0.6) is 0 Å². The van der Waals surface area contributed by atoms with Crippen molar-refractivity contribution in [1.29, 1.82) is 10.5 Å². The highest BCUT2D eigenvalue weighted by molar-refractivity contribution is 9.10. The maximum absolute atomic E-state index is 12.2. The molecule has 0 aromatic carbocycles. The largest absolute Gasteiger partial charge is 0.337 e. The van der Waals surface area contributed by atoms with E-state index in [0.29, 0.717) is 23.1 Å². The monoisotopic (exact) mass is 306 g/mol. The van der Waals surface area contributed by atoms with E-state index in [1.54, 1.807) is 12.3 Å². The van der Waals surface area contributed by atoms with E-state index >= 15 is 0 Å². The summed E-state index contributed by atoms with van der Waals surface area (Å²) >= 11 is 3.25. The van der Waals surface area contributed by atoms with E-state index < -0.39 is 0 Å². The van der Waals surface area contributed by atoms with E-state index in [1.165, 1.54) is 11.1 Å². The minimum absolute atomic E-state index is 0.214. The Labute approximate surface area is 114 Å². The zero-order valence-corrected chi connectivity index (χ0v) is 11.2. The first kappa shape index (κ1) is 14.1. The standard InChI is InChI=1S/C12H11BrN4O/c13-11-7-10(8-16-9-11)12(18)17(5-1-3-14)6-2-4-15/h7-9H,1-2,5-6H2. The van der Waals surface area contributed by atoms with Crippen molar-refractivity contribution >= 4 is 21.8 Å². The molecule has 0 saturated carbocycles. The molecule has 92 valence electrons. The Bertz CT molecular complexity index is 486. The lowest BCUT2D eigenvalue weighted by Gasteiger charge is -2.20. The second-order valence-corrected chi connectivity index (χ2v) is 4.42. The molecule has 0 fully saturated rings. The van der Waals surface area contributed by atoms with E-state index in [9.17, 15) is 4.79 Å². The van der Waals surface area contributed by atoms with Gasteiger partial charge in [0, 0.05) is 30.0 Å². The second-order valence-electron chi connectivity index (χ2n) is 3.50. The molecular weight excluding hydrogens is 296 g/mol. The summed E-state index contributed by atoms with van der Waals surface area (Å²) in [6, 6.07) is 5.65. The average Bonchev–Trinajstić information content (AvgIpc) is 2.38.